The lowest BCUT2D eigenvalue weighted by Gasteiger charge is -2.13. The van der Waals surface area contributed by atoms with Crippen molar-refractivity contribution in [3.8, 4) is 0 Å². The molecule has 5 nitrogen and oxygen atoms in total. The molecule has 2 aromatic carbocycles. The summed E-state index contributed by atoms with van der Waals surface area (Å²) >= 11 is 19.3. The highest BCUT2D eigenvalue weighted by molar-refractivity contribution is 9.11. The average Bonchev–Trinajstić information content (AvgIpc) is 2.94. The Morgan fingerprint density at radius 1 is 1.19 bits per heavy atom. The number of fused-ring (bicyclic) bond motifs is 1. The fourth-order valence-electron chi connectivity index (χ4n) is 2.33. The van der Waals surface area contributed by atoms with Crippen molar-refractivity contribution >= 4 is 99.8 Å². The number of carboxylic acid groups (broad SMARTS) is 1. The molecule has 0 saturated heterocycles. The van der Waals surface area contributed by atoms with E-state index in [0.29, 0.717) is 18.8 Å². The zero-order valence-corrected chi connectivity index (χ0v) is 18.7. The summed E-state index contributed by atoms with van der Waals surface area (Å²) in [4.78, 5) is 24.3. The lowest BCUT2D eigenvalue weighted by molar-refractivity contribution is 0.0697. The van der Waals surface area contributed by atoms with Crippen LogP contribution < -0.4 is 10.6 Å². The van der Waals surface area contributed by atoms with Gasteiger partial charge < -0.3 is 10.4 Å². The van der Waals surface area contributed by atoms with E-state index in [1.165, 1.54) is 17.4 Å². The van der Waals surface area contributed by atoms with E-state index in [0.717, 1.165) is 10.1 Å². The van der Waals surface area contributed by atoms with Gasteiger partial charge in [0.2, 0.25) is 0 Å². The molecule has 1 aromatic heterocycles. The quantitative estimate of drug-likeness (QED) is 0.355. The van der Waals surface area contributed by atoms with Crippen LogP contribution in [0.5, 0.6) is 0 Å². The number of hydrogen-bond donors (Lipinski definition) is 3. The minimum Gasteiger partial charge on any atom is -0.478 e. The van der Waals surface area contributed by atoms with Crippen LogP contribution >= 0.6 is 67.0 Å². The lowest BCUT2D eigenvalue weighted by atomic mass is 10.2. The Balaban J connectivity index is 1.83. The molecule has 0 saturated carbocycles. The second-order valence-corrected chi connectivity index (χ2v) is 8.87. The van der Waals surface area contributed by atoms with Crippen LogP contribution in [0.3, 0.4) is 0 Å². The molecule has 0 aliphatic rings. The molecular weight excluding hydrogens is 540 g/mol. The van der Waals surface area contributed by atoms with E-state index in [9.17, 15) is 14.7 Å². The van der Waals surface area contributed by atoms with Crippen molar-refractivity contribution in [1.82, 2.24) is 5.32 Å². The van der Waals surface area contributed by atoms with Crippen molar-refractivity contribution in [2.45, 2.75) is 0 Å². The van der Waals surface area contributed by atoms with E-state index in [1.807, 2.05) is 24.3 Å². The monoisotopic (exact) mass is 546 g/mol. The van der Waals surface area contributed by atoms with Gasteiger partial charge in [-0.05, 0) is 46.3 Å². The summed E-state index contributed by atoms with van der Waals surface area (Å²) < 4.78 is 1.95. The van der Waals surface area contributed by atoms with Gasteiger partial charge in [-0.1, -0.05) is 45.7 Å². The second kappa shape index (κ2) is 8.24. The molecule has 0 aliphatic carbocycles. The first-order chi connectivity index (χ1) is 12.8. The second-order valence-electron chi connectivity index (χ2n) is 5.26. The summed E-state index contributed by atoms with van der Waals surface area (Å²) in [7, 11) is 0. The number of anilines is 1. The molecule has 0 fully saturated rings. The molecule has 1 heterocycles. The van der Waals surface area contributed by atoms with Gasteiger partial charge in [0.1, 0.15) is 4.88 Å². The molecule has 0 aliphatic heterocycles. The van der Waals surface area contributed by atoms with E-state index < -0.39 is 11.9 Å². The molecule has 0 radical (unpaired) electrons. The fourth-order valence-corrected chi connectivity index (χ4v) is 5.27. The number of carbonyl (C=O) groups excluding carboxylic acids is 1. The molecule has 0 unspecified atom stereocenters. The molecule has 27 heavy (non-hydrogen) atoms. The standard InChI is InChI=1S/C17H9Br2ClN2O3S2/c18-7-5-9(16(24)25)13(10(19)6-7)21-17(26)22-15(23)14-12(20)8-3-1-2-4-11(8)27-14/h1-6H,(H,24,25)(H2,21,22,23,26). The van der Waals surface area contributed by atoms with E-state index in [4.69, 9.17) is 23.8 Å². The molecule has 0 bridgehead atoms. The molecule has 3 N–H and O–H groups in total. The summed E-state index contributed by atoms with van der Waals surface area (Å²) in [6.45, 7) is 0. The third kappa shape index (κ3) is 4.33. The molecule has 0 atom stereocenters. The number of hydrogen-bond acceptors (Lipinski definition) is 4. The van der Waals surface area contributed by atoms with Crippen LogP contribution in [0.2, 0.25) is 5.02 Å². The van der Waals surface area contributed by atoms with Crippen molar-refractivity contribution in [3.05, 3.63) is 60.8 Å². The molecule has 3 aromatic rings. The third-order valence-corrected chi connectivity index (χ3v) is 6.45. The van der Waals surface area contributed by atoms with E-state index >= 15 is 0 Å². The smallest absolute Gasteiger partial charge is 0.337 e. The SMILES string of the molecule is O=C(O)c1cc(Br)cc(Br)c1NC(=S)NC(=O)c1sc2ccccc2c1Cl. The van der Waals surface area contributed by atoms with Gasteiger partial charge in [-0.25, -0.2) is 4.79 Å². The van der Waals surface area contributed by atoms with Gasteiger partial charge in [0, 0.05) is 19.0 Å². The number of thiocarbonyl (C=S) groups is 1. The first kappa shape index (κ1) is 20.2. The van der Waals surface area contributed by atoms with Crippen LogP contribution in [0.15, 0.2) is 45.3 Å². The number of carboxylic acids is 1. The first-order valence-electron chi connectivity index (χ1n) is 7.29. The van der Waals surface area contributed by atoms with Crippen molar-refractivity contribution in [3.63, 3.8) is 0 Å². The van der Waals surface area contributed by atoms with Crippen LogP contribution in [0.25, 0.3) is 10.1 Å². The predicted octanol–water partition coefficient (Wildman–Crippen LogP) is 5.90. The van der Waals surface area contributed by atoms with Crippen molar-refractivity contribution in [2.75, 3.05) is 5.32 Å². The third-order valence-electron chi connectivity index (χ3n) is 3.49. The summed E-state index contributed by atoms with van der Waals surface area (Å²) in [6.07, 6.45) is 0. The topological polar surface area (TPSA) is 78.4 Å². The van der Waals surface area contributed by atoms with Gasteiger partial charge in [0.05, 0.1) is 16.3 Å². The normalized spacial score (nSPS) is 10.6. The van der Waals surface area contributed by atoms with Gasteiger partial charge in [-0.3, -0.25) is 10.1 Å². The number of halogens is 3. The molecule has 138 valence electrons. The number of carbonyl (C=O) groups is 2. The van der Waals surface area contributed by atoms with Crippen LogP contribution in [0.1, 0.15) is 20.0 Å². The number of amides is 1. The number of benzene rings is 2. The maximum absolute atomic E-state index is 12.5. The number of aromatic carboxylic acids is 1. The van der Waals surface area contributed by atoms with E-state index in [1.54, 1.807) is 6.07 Å². The average molecular weight is 549 g/mol. The maximum atomic E-state index is 12.5. The van der Waals surface area contributed by atoms with Crippen molar-refractivity contribution < 1.29 is 14.7 Å². The Kier molecular flexibility index (Phi) is 6.17. The summed E-state index contributed by atoms with van der Waals surface area (Å²) in [5.74, 6) is -1.61. The van der Waals surface area contributed by atoms with Crippen molar-refractivity contribution in [2.24, 2.45) is 0 Å². The fraction of sp³-hybridized carbons (Fsp3) is 0. The molecular formula is C17H9Br2ClN2O3S2. The number of nitrogens with one attached hydrogen (secondary N) is 2. The van der Waals surface area contributed by atoms with Crippen LogP contribution in [0, 0.1) is 0 Å². The molecule has 1 amide bonds. The highest BCUT2D eigenvalue weighted by atomic mass is 79.9. The molecule has 10 heteroatoms. The minimum atomic E-state index is -1.14. The van der Waals surface area contributed by atoms with Crippen LogP contribution in [-0.4, -0.2) is 22.1 Å². The van der Waals surface area contributed by atoms with Gasteiger partial charge >= 0.3 is 5.97 Å². The predicted molar refractivity (Wildman–Crippen MR) is 119 cm³/mol. The summed E-state index contributed by atoms with van der Waals surface area (Å²) in [5.41, 5.74) is 0.228. The van der Waals surface area contributed by atoms with E-state index in [-0.39, 0.29) is 16.4 Å². The number of thiophene rings is 1. The Morgan fingerprint density at radius 2 is 1.89 bits per heavy atom. The van der Waals surface area contributed by atoms with Gasteiger partial charge in [-0.2, -0.15) is 0 Å². The lowest BCUT2D eigenvalue weighted by Crippen LogP contribution is -2.34. The summed E-state index contributed by atoms with van der Waals surface area (Å²) in [6, 6.07) is 10.5. The Morgan fingerprint density at radius 3 is 2.56 bits per heavy atom. The van der Waals surface area contributed by atoms with Crippen LogP contribution in [0.4, 0.5) is 5.69 Å². The maximum Gasteiger partial charge on any atom is 0.337 e. The minimum absolute atomic E-state index is 0.00672. The summed E-state index contributed by atoms with van der Waals surface area (Å²) in [5, 5.41) is 15.8. The van der Waals surface area contributed by atoms with Crippen molar-refractivity contribution in [1.29, 1.82) is 0 Å². The molecule has 3 rings (SSSR count). The van der Waals surface area contributed by atoms with Gasteiger partial charge in [0.15, 0.2) is 5.11 Å². The highest BCUT2D eigenvalue weighted by Crippen LogP contribution is 2.35. The first-order valence-corrected chi connectivity index (χ1v) is 10.5. The highest BCUT2D eigenvalue weighted by Gasteiger charge is 2.20. The molecule has 0 spiro atoms. The Hall–Kier alpha value is -1.52. The number of rotatable bonds is 3. The zero-order chi connectivity index (χ0) is 19.7. The van der Waals surface area contributed by atoms with E-state index in [2.05, 4.69) is 42.5 Å². The Labute approximate surface area is 185 Å². The van der Waals surface area contributed by atoms with Crippen LogP contribution in [-0.2, 0) is 0 Å². The van der Waals surface area contributed by atoms with Gasteiger partial charge in [-0.15, -0.1) is 11.3 Å². The van der Waals surface area contributed by atoms with Gasteiger partial charge in [0.25, 0.3) is 5.91 Å². The Bertz CT molecular complexity index is 1100. The zero-order valence-electron chi connectivity index (χ0n) is 13.2. The largest absolute Gasteiger partial charge is 0.478 e.